The fourth-order valence-corrected chi connectivity index (χ4v) is 2.71. The maximum atomic E-state index is 4.35. The van der Waals surface area contributed by atoms with E-state index in [-0.39, 0.29) is 24.0 Å². The number of guanidine groups is 1. The van der Waals surface area contributed by atoms with Gasteiger partial charge in [0.2, 0.25) is 0 Å². The molecule has 1 aliphatic rings. The van der Waals surface area contributed by atoms with E-state index in [4.69, 9.17) is 0 Å². The first-order chi connectivity index (χ1) is 8.78. The molecule has 1 aromatic rings. The number of aromatic nitrogens is 1. The van der Waals surface area contributed by atoms with Crippen molar-refractivity contribution in [3.63, 3.8) is 0 Å². The zero-order valence-electron chi connectivity index (χ0n) is 11.3. The second kappa shape index (κ2) is 8.52. The Morgan fingerprint density at radius 2 is 2.21 bits per heavy atom. The van der Waals surface area contributed by atoms with E-state index in [1.54, 1.807) is 11.3 Å². The van der Waals surface area contributed by atoms with Crippen LogP contribution in [0.3, 0.4) is 0 Å². The summed E-state index contributed by atoms with van der Waals surface area (Å²) in [6, 6.07) is 0.498. The van der Waals surface area contributed by atoms with Gasteiger partial charge in [0.1, 0.15) is 0 Å². The van der Waals surface area contributed by atoms with Crippen molar-refractivity contribution < 1.29 is 0 Å². The van der Waals surface area contributed by atoms with E-state index in [9.17, 15) is 0 Å². The van der Waals surface area contributed by atoms with Gasteiger partial charge in [0.05, 0.1) is 5.01 Å². The van der Waals surface area contributed by atoms with Gasteiger partial charge in [-0.1, -0.05) is 12.2 Å². The lowest BCUT2D eigenvalue weighted by molar-refractivity contribution is 0.633. The Balaban J connectivity index is 0.00000180. The van der Waals surface area contributed by atoms with E-state index in [0.29, 0.717) is 6.04 Å². The third-order valence-electron chi connectivity index (χ3n) is 2.87. The topological polar surface area (TPSA) is 49.3 Å². The molecule has 0 aliphatic heterocycles. The van der Waals surface area contributed by atoms with Crippen molar-refractivity contribution in [2.24, 2.45) is 4.99 Å². The van der Waals surface area contributed by atoms with Gasteiger partial charge < -0.3 is 10.6 Å². The van der Waals surface area contributed by atoms with E-state index >= 15 is 0 Å². The third-order valence-corrected chi connectivity index (χ3v) is 3.85. The van der Waals surface area contributed by atoms with Crippen LogP contribution in [0.1, 0.15) is 22.7 Å². The molecule has 0 saturated carbocycles. The number of aliphatic imine (C=N–C) groups is 1. The SMILES string of the molecule is CN=C(NCCc1ncc(C)s1)NC1CC=CC1.I. The molecule has 2 N–H and O–H groups in total. The summed E-state index contributed by atoms with van der Waals surface area (Å²) in [5.74, 6) is 0.886. The van der Waals surface area contributed by atoms with Gasteiger partial charge in [-0.2, -0.15) is 0 Å². The monoisotopic (exact) mass is 392 g/mol. The molecule has 0 fully saturated rings. The van der Waals surface area contributed by atoms with Gasteiger partial charge in [-0.05, 0) is 19.8 Å². The van der Waals surface area contributed by atoms with Crippen molar-refractivity contribution in [3.05, 3.63) is 28.2 Å². The van der Waals surface area contributed by atoms with Crippen molar-refractivity contribution in [2.75, 3.05) is 13.6 Å². The summed E-state index contributed by atoms with van der Waals surface area (Å²) in [6.45, 7) is 2.95. The highest BCUT2D eigenvalue weighted by molar-refractivity contribution is 14.0. The van der Waals surface area contributed by atoms with Crippen LogP contribution < -0.4 is 10.6 Å². The van der Waals surface area contributed by atoms with Gasteiger partial charge in [-0.25, -0.2) is 4.98 Å². The number of hydrogen-bond donors (Lipinski definition) is 2. The van der Waals surface area contributed by atoms with Gasteiger partial charge >= 0.3 is 0 Å². The summed E-state index contributed by atoms with van der Waals surface area (Å²) in [5.41, 5.74) is 0. The molecular weight excluding hydrogens is 371 g/mol. The standard InChI is InChI=1S/C13H20N4S.HI/c1-10-9-16-12(18-10)7-8-15-13(14-2)17-11-5-3-4-6-11;/h3-4,9,11H,5-8H2,1-2H3,(H2,14,15,17);1H. The van der Waals surface area contributed by atoms with E-state index < -0.39 is 0 Å². The van der Waals surface area contributed by atoms with Gasteiger partial charge in [-0.15, -0.1) is 35.3 Å². The molecule has 106 valence electrons. The molecule has 19 heavy (non-hydrogen) atoms. The summed E-state index contributed by atoms with van der Waals surface area (Å²) in [5, 5.41) is 7.93. The lowest BCUT2D eigenvalue weighted by Gasteiger charge is -2.16. The van der Waals surface area contributed by atoms with Crippen LogP contribution in [0.4, 0.5) is 0 Å². The Morgan fingerprint density at radius 3 is 2.79 bits per heavy atom. The van der Waals surface area contributed by atoms with Gasteiger partial charge in [0, 0.05) is 37.1 Å². The zero-order chi connectivity index (χ0) is 12.8. The van der Waals surface area contributed by atoms with Crippen molar-refractivity contribution in [2.45, 2.75) is 32.2 Å². The minimum Gasteiger partial charge on any atom is -0.356 e. The highest BCUT2D eigenvalue weighted by Gasteiger charge is 2.11. The zero-order valence-corrected chi connectivity index (χ0v) is 14.5. The third kappa shape index (κ3) is 5.48. The summed E-state index contributed by atoms with van der Waals surface area (Å²) in [7, 11) is 1.81. The molecule has 0 saturated heterocycles. The first-order valence-corrected chi connectivity index (χ1v) is 7.13. The molecule has 2 rings (SSSR count). The molecule has 0 spiro atoms. The van der Waals surface area contributed by atoms with Crippen LogP contribution in [0.2, 0.25) is 0 Å². The van der Waals surface area contributed by atoms with Gasteiger partial charge in [-0.3, -0.25) is 4.99 Å². The van der Waals surface area contributed by atoms with Crippen molar-refractivity contribution in [3.8, 4) is 0 Å². The minimum atomic E-state index is 0. The molecule has 0 atom stereocenters. The largest absolute Gasteiger partial charge is 0.356 e. The molecule has 4 nitrogen and oxygen atoms in total. The Hall–Kier alpha value is -0.630. The lowest BCUT2D eigenvalue weighted by Crippen LogP contribution is -2.43. The molecule has 0 amide bonds. The Labute approximate surface area is 135 Å². The van der Waals surface area contributed by atoms with Crippen LogP contribution in [0, 0.1) is 6.92 Å². The molecule has 1 aromatic heterocycles. The molecule has 1 aliphatic carbocycles. The quantitative estimate of drug-likeness (QED) is 0.358. The van der Waals surface area contributed by atoms with Crippen molar-refractivity contribution >= 4 is 41.3 Å². The molecule has 0 unspecified atom stereocenters. The average Bonchev–Trinajstić information content (AvgIpc) is 3.00. The minimum absolute atomic E-state index is 0. The van der Waals surface area contributed by atoms with E-state index in [0.717, 1.165) is 31.8 Å². The summed E-state index contributed by atoms with van der Waals surface area (Å²) >= 11 is 1.76. The molecule has 0 bridgehead atoms. The van der Waals surface area contributed by atoms with Crippen LogP contribution in [-0.4, -0.2) is 30.6 Å². The summed E-state index contributed by atoms with van der Waals surface area (Å²) < 4.78 is 0. The molecule has 0 radical (unpaired) electrons. The second-order valence-corrected chi connectivity index (χ2v) is 5.72. The first kappa shape index (κ1) is 16.4. The van der Waals surface area contributed by atoms with E-state index in [1.165, 1.54) is 9.88 Å². The van der Waals surface area contributed by atoms with Gasteiger partial charge in [0.25, 0.3) is 0 Å². The fraction of sp³-hybridized carbons (Fsp3) is 0.538. The number of thiazole rings is 1. The molecular formula is C13H21IN4S. The highest BCUT2D eigenvalue weighted by Crippen LogP contribution is 2.11. The average molecular weight is 392 g/mol. The number of nitrogens with zero attached hydrogens (tertiary/aromatic N) is 2. The highest BCUT2D eigenvalue weighted by atomic mass is 127. The number of hydrogen-bond acceptors (Lipinski definition) is 3. The fourth-order valence-electron chi connectivity index (χ4n) is 1.93. The second-order valence-electron chi connectivity index (χ2n) is 4.40. The molecule has 0 aromatic carbocycles. The number of halogens is 1. The Morgan fingerprint density at radius 1 is 1.47 bits per heavy atom. The molecule has 1 heterocycles. The van der Waals surface area contributed by atoms with E-state index in [1.807, 2.05) is 13.2 Å². The number of nitrogens with one attached hydrogen (secondary N) is 2. The van der Waals surface area contributed by atoms with Crippen LogP contribution in [0.5, 0.6) is 0 Å². The summed E-state index contributed by atoms with van der Waals surface area (Å²) in [4.78, 5) is 9.86. The van der Waals surface area contributed by atoms with Crippen LogP contribution in [0.25, 0.3) is 0 Å². The van der Waals surface area contributed by atoms with Crippen LogP contribution in [0.15, 0.2) is 23.3 Å². The van der Waals surface area contributed by atoms with E-state index in [2.05, 4.69) is 39.7 Å². The predicted molar refractivity (Wildman–Crippen MR) is 92.6 cm³/mol. The predicted octanol–water partition coefficient (Wildman–Crippen LogP) is 2.50. The summed E-state index contributed by atoms with van der Waals surface area (Å²) in [6.07, 6.45) is 9.48. The Kier molecular flexibility index (Phi) is 7.37. The maximum absolute atomic E-state index is 4.35. The first-order valence-electron chi connectivity index (χ1n) is 6.31. The van der Waals surface area contributed by atoms with Crippen molar-refractivity contribution in [1.82, 2.24) is 15.6 Å². The smallest absolute Gasteiger partial charge is 0.191 e. The lowest BCUT2D eigenvalue weighted by atomic mass is 10.2. The number of rotatable bonds is 4. The normalized spacial score (nSPS) is 15.4. The van der Waals surface area contributed by atoms with Crippen LogP contribution in [-0.2, 0) is 6.42 Å². The maximum Gasteiger partial charge on any atom is 0.191 e. The van der Waals surface area contributed by atoms with Crippen LogP contribution >= 0.6 is 35.3 Å². The van der Waals surface area contributed by atoms with Gasteiger partial charge in [0.15, 0.2) is 5.96 Å². The molecule has 6 heteroatoms. The Bertz CT molecular complexity index is 434. The van der Waals surface area contributed by atoms with Crippen molar-refractivity contribution in [1.29, 1.82) is 0 Å². The number of aryl methyl sites for hydroxylation is 1.